The van der Waals surface area contributed by atoms with Crippen LogP contribution in [0.1, 0.15) is 29.4 Å². The van der Waals surface area contributed by atoms with Crippen molar-refractivity contribution in [2.24, 2.45) is 0 Å². The molecule has 144 valence electrons. The highest BCUT2D eigenvalue weighted by Crippen LogP contribution is 2.14. The summed E-state index contributed by atoms with van der Waals surface area (Å²) in [5, 5.41) is 6.81. The molecule has 3 rings (SSSR count). The summed E-state index contributed by atoms with van der Waals surface area (Å²) in [5.41, 5.74) is 2.08. The van der Waals surface area contributed by atoms with Gasteiger partial charge in [0.1, 0.15) is 0 Å². The van der Waals surface area contributed by atoms with E-state index >= 15 is 0 Å². The van der Waals surface area contributed by atoms with E-state index in [4.69, 9.17) is 4.74 Å². The van der Waals surface area contributed by atoms with Gasteiger partial charge in [-0.2, -0.15) is 5.10 Å². The van der Waals surface area contributed by atoms with Crippen LogP contribution in [0.2, 0.25) is 0 Å². The third-order valence-electron chi connectivity index (χ3n) is 4.41. The molecule has 0 bridgehead atoms. The van der Waals surface area contributed by atoms with Crippen LogP contribution in [0.25, 0.3) is 5.69 Å². The zero-order valence-corrected chi connectivity index (χ0v) is 15.9. The molecular formula is C18H21N3O5S. The lowest BCUT2D eigenvalue weighted by Gasteiger charge is -2.16. The van der Waals surface area contributed by atoms with Crippen molar-refractivity contribution < 1.29 is 22.7 Å². The number of ether oxygens (including phenoxy) is 1. The van der Waals surface area contributed by atoms with Crippen molar-refractivity contribution in [3.63, 3.8) is 0 Å². The van der Waals surface area contributed by atoms with E-state index in [1.165, 1.54) is 6.92 Å². The maximum atomic E-state index is 12.2. The van der Waals surface area contributed by atoms with Gasteiger partial charge < -0.3 is 10.1 Å². The molecule has 1 aromatic heterocycles. The van der Waals surface area contributed by atoms with E-state index in [-0.39, 0.29) is 11.5 Å². The molecule has 1 N–H and O–H groups in total. The molecule has 2 aromatic rings. The molecule has 8 nitrogen and oxygen atoms in total. The van der Waals surface area contributed by atoms with Gasteiger partial charge in [0, 0.05) is 17.9 Å². The highest BCUT2D eigenvalue weighted by Gasteiger charge is 2.30. The van der Waals surface area contributed by atoms with Crippen LogP contribution in [0.15, 0.2) is 36.5 Å². The number of nitrogens with one attached hydrogen (secondary N) is 1. The fourth-order valence-corrected chi connectivity index (χ4v) is 4.56. The number of aryl methyl sites for hydroxylation is 1. The van der Waals surface area contributed by atoms with E-state index in [0.717, 1.165) is 11.4 Å². The van der Waals surface area contributed by atoms with Crippen LogP contribution >= 0.6 is 0 Å². The molecule has 2 atom stereocenters. The van der Waals surface area contributed by atoms with Gasteiger partial charge in [-0.15, -0.1) is 0 Å². The fraction of sp³-hybridized carbons (Fsp3) is 0.389. The Morgan fingerprint density at radius 2 is 1.96 bits per heavy atom. The van der Waals surface area contributed by atoms with Crippen molar-refractivity contribution in [3.05, 3.63) is 47.8 Å². The minimum atomic E-state index is -3.09. The molecule has 27 heavy (non-hydrogen) atoms. The highest BCUT2D eigenvalue weighted by atomic mass is 32.2. The van der Waals surface area contributed by atoms with E-state index in [2.05, 4.69) is 10.4 Å². The van der Waals surface area contributed by atoms with Crippen molar-refractivity contribution in [2.45, 2.75) is 32.4 Å². The molecule has 2 heterocycles. The van der Waals surface area contributed by atoms with E-state index in [1.807, 2.05) is 13.0 Å². The van der Waals surface area contributed by atoms with Gasteiger partial charge in [0.25, 0.3) is 5.91 Å². The van der Waals surface area contributed by atoms with E-state index in [1.54, 1.807) is 35.1 Å². The highest BCUT2D eigenvalue weighted by molar-refractivity contribution is 7.91. The average molecular weight is 391 g/mol. The van der Waals surface area contributed by atoms with Gasteiger partial charge in [-0.25, -0.2) is 17.9 Å². The number of carbonyl (C=O) groups is 2. The number of sulfone groups is 1. The van der Waals surface area contributed by atoms with Crippen molar-refractivity contribution in [1.29, 1.82) is 0 Å². The summed E-state index contributed by atoms with van der Waals surface area (Å²) >= 11 is 0. The van der Waals surface area contributed by atoms with Gasteiger partial charge in [0.2, 0.25) is 0 Å². The van der Waals surface area contributed by atoms with E-state index < -0.39 is 33.9 Å². The lowest BCUT2D eigenvalue weighted by molar-refractivity contribution is -0.129. The zero-order valence-electron chi connectivity index (χ0n) is 15.1. The molecule has 1 aliphatic rings. The van der Waals surface area contributed by atoms with Crippen LogP contribution in [-0.4, -0.2) is 53.7 Å². The van der Waals surface area contributed by atoms with Crippen molar-refractivity contribution in [3.8, 4) is 5.69 Å². The second-order valence-corrected chi connectivity index (χ2v) is 8.82. The third-order valence-corrected chi connectivity index (χ3v) is 6.18. The Kier molecular flexibility index (Phi) is 5.31. The Morgan fingerprint density at radius 1 is 1.26 bits per heavy atom. The van der Waals surface area contributed by atoms with Crippen LogP contribution in [-0.2, 0) is 19.4 Å². The molecule has 9 heteroatoms. The number of aromatic nitrogens is 2. The van der Waals surface area contributed by atoms with Gasteiger partial charge in [-0.1, -0.05) is 0 Å². The molecule has 1 aromatic carbocycles. The first-order chi connectivity index (χ1) is 12.7. The Hall–Kier alpha value is -2.68. The first-order valence-electron chi connectivity index (χ1n) is 8.58. The maximum absolute atomic E-state index is 12.2. The summed E-state index contributed by atoms with van der Waals surface area (Å²) in [6, 6.07) is 8.13. The summed E-state index contributed by atoms with van der Waals surface area (Å²) in [6.45, 7) is 3.38. The van der Waals surface area contributed by atoms with Crippen LogP contribution in [0, 0.1) is 6.92 Å². The van der Waals surface area contributed by atoms with Crippen LogP contribution in [0.3, 0.4) is 0 Å². The Balaban J connectivity index is 1.58. The lowest BCUT2D eigenvalue weighted by atomic mass is 10.2. The quantitative estimate of drug-likeness (QED) is 0.763. The third kappa shape index (κ3) is 4.54. The first-order valence-corrected chi connectivity index (χ1v) is 10.4. The van der Waals surface area contributed by atoms with Crippen molar-refractivity contribution >= 4 is 21.7 Å². The molecule has 1 amide bonds. The number of hydrogen-bond acceptors (Lipinski definition) is 6. The largest absolute Gasteiger partial charge is 0.449 e. The maximum Gasteiger partial charge on any atom is 0.338 e. The average Bonchev–Trinajstić information content (AvgIpc) is 3.19. The summed E-state index contributed by atoms with van der Waals surface area (Å²) < 4.78 is 29.8. The smallest absolute Gasteiger partial charge is 0.338 e. The number of hydrogen-bond donors (Lipinski definition) is 1. The Bertz CT molecular complexity index is 950. The zero-order chi connectivity index (χ0) is 19.6. The van der Waals surface area contributed by atoms with Crippen molar-refractivity contribution in [1.82, 2.24) is 15.1 Å². The fourth-order valence-electron chi connectivity index (χ4n) is 2.89. The lowest BCUT2D eigenvalue weighted by Crippen LogP contribution is -2.42. The number of esters is 1. The van der Waals surface area contributed by atoms with E-state index in [0.29, 0.717) is 12.0 Å². The summed E-state index contributed by atoms with van der Waals surface area (Å²) in [4.78, 5) is 24.4. The number of amides is 1. The molecule has 0 saturated carbocycles. The summed E-state index contributed by atoms with van der Waals surface area (Å²) in [7, 11) is -3.09. The van der Waals surface area contributed by atoms with Gasteiger partial charge in [0.15, 0.2) is 15.9 Å². The van der Waals surface area contributed by atoms with Crippen molar-refractivity contribution in [2.75, 3.05) is 11.5 Å². The monoisotopic (exact) mass is 391 g/mol. The Morgan fingerprint density at radius 3 is 2.52 bits per heavy atom. The summed E-state index contributed by atoms with van der Waals surface area (Å²) in [5.74, 6) is -1.14. The predicted octanol–water partition coefficient (Wildman–Crippen LogP) is 1.03. The second-order valence-electron chi connectivity index (χ2n) is 6.59. The van der Waals surface area contributed by atoms with E-state index in [9.17, 15) is 18.0 Å². The standard InChI is InChI=1S/C18H21N3O5S/c1-12-7-9-19-21(12)16-5-3-14(4-6-16)18(23)26-13(2)17(22)20-15-8-10-27(24,25)11-15/h3-7,9,13,15H,8,10-11H2,1-2H3,(H,20,22)/t13-,15-/m1/s1. The Labute approximate surface area is 157 Å². The van der Waals surface area contributed by atoms with Crippen LogP contribution < -0.4 is 5.32 Å². The van der Waals surface area contributed by atoms with Gasteiger partial charge in [-0.05, 0) is 50.6 Å². The molecular weight excluding hydrogens is 370 g/mol. The molecule has 0 unspecified atom stereocenters. The second kappa shape index (κ2) is 7.51. The topological polar surface area (TPSA) is 107 Å². The molecule has 1 aliphatic heterocycles. The molecule has 0 aliphatic carbocycles. The molecule has 0 spiro atoms. The first kappa shape index (κ1) is 19.1. The number of nitrogens with zero attached hydrogens (tertiary/aromatic N) is 2. The normalized spacial score (nSPS) is 19.4. The molecule has 1 saturated heterocycles. The number of carbonyl (C=O) groups excluding carboxylic acids is 2. The number of rotatable bonds is 5. The van der Waals surface area contributed by atoms with Crippen LogP contribution in [0.5, 0.6) is 0 Å². The predicted molar refractivity (Wildman–Crippen MR) is 98.4 cm³/mol. The molecule has 0 radical (unpaired) electrons. The van der Waals surface area contributed by atoms with Gasteiger partial charge in [-0.3, -0.25) is 4.79 Å². The summed E-state index contributed by atoms with van der Waals surface area (Å²) in [6.07, 6.45) is 1.05. The molecule has 1 fully saturated rings. The van der Waals surface area contributed by atoms with Gasteiger partial charge in [0.05, 0.1) is 22.8 Å². The minimum absolute atomic E-state index is 0.0637. The SMILES string of the molecule is Cc1ccnn1-c1ccc(C(=O)O[C@H](C)C(=O)N[C@@H]2CCS(=O)(=O)C2)cc1. The minimum Gasteiger partial charge on any atom is -0.449 e. The number of benzene rings is 1. The van der Waals surface area contributed by atoms with Crippen LogP contribution in [0.4, 0.5) is 0 Å². The van der Waals surface area contributed by atoms with Gasteiger partial charge >= 0.3 is 5.97 Å².